The van der Waals surface area contributed by atoms with E-state index in [9.17, 15) is 10.1 Å². The molecule has 3 aromatic carbocycles. The number of H-pyrrole nitrogens is 1. The number of nitro groups is 1. The quantitative estimate of drug-likeness (QED) is 0.280. The Morgan fingerprint density at radius 2 is 1.72 bits per heavy atom. The molecule has 0 aliphatic rings. The van der Waals surface area contributed by atoms with Crippen molar-refractivity contribution in [3.63, 3.8) is 0 Å². The van der Waals surface area contributed by atoms with E-state index in [-0.39, 0.29) is 17.4 Å². The molecule has 0 amide bonds. The number of para-hydroxylation sites is 1. The summed E-state index contributed by atoms with van der Waals surface area (Å²) in [6, 6.07) is 23.4. The van der Waals surface area contributed by atoms with Gasteiger partial charge < -0.3 is 9.72 Å². The second-order valence-corrected chi connectivity index (χ2v) is 7.76. The van der Waals surface area contributed by atoms with Crippen LogP contribution >= 0.6 is 15.9 Å². The largest absolute Gasteiger partial charge is 0.489 e. The number of fused-ring (bicyclic) bond motifs is 1. The fourth-order valence-electron chi connectivity index (χ4n) is 3.46. The van der Waals surface area contributed by atoms with E-state index in [0.717, 1.165) is 37.8 Å². The number of hydrogen-bond acceptors (Lipinski definition) is 3. The molecule has 0 unspecified atom stereocenters. The van der Waals surface area contributed by atoms with Gasteiger partial charge in [-0.15, -0.1) is 0 Å². The molecule has 1 heterocycles. The predicted molar refractivity (Wildman–Crippen MR) is 117 cm³/mol. The molecule has 0 bridgehead atoms. The van der Waals surface area contributed by atoms with Crippen LogP contribution in [0.25, 0.3) is 10.9 Å². The van der Waals surface area contributed by atoms with Gasteiger partial charge in [-0.2, -0.15) is 0 Å². The minimum Gasteiger partial charge on any atom is -0.489 e. The van der Waals surface area contributed by atoms with Crippen molar-refractivity contribution in [2.45, 2.75) is 12.5 Å². The van der Waals surface area contributed by atoms with E-state index in [1.165, 1.54) is 0 Å². The third-order valence-electron chi connectivity index (χ3n) is 4.93. The topological polar surface area (TPSA) is 68.2 Å². The van der Waals surface area contributed by atoms with E-state index in [4.69, 9.17) is 4.74 Å². The van der Waals surface area contributed by atoms with Crippen LogP contribution in [0.4, 0.5) is 0 Å². The zero-order valence-electron chi connectivity index (χ0n) is 15.5. The molecule has 4 rings (SSSR count). The van der Waals surface area contributed by atoms with Crippen LogP contribution in [0.2, 0.25) is 0 Å². The lowest BCUT2D eigenvalue weighted by Crippen LogP contribution is -2.13. The van der Waals surface area contributed by atoms with Gasteiger partial charge in [0.15, 0.2) is 0 Å². The fourth-order valence-corrected chi connectivity index (χ4v) is 3.72. The molecule has 0 aliphatic carbocycles. The van der Waals surface area contributed by atoms with Crippen molar-refractivity contribution < 1.29 is 9.66 Å². The lowest BCUT2D eigenvalue weighted by Gasteiger charge is -2.14. The normalized spacial score (nSPS) is 12.0. The number of rotatable bonds is 7. The standard InChI is InChI=1S/C23H19BrN2O3/c24-18-9-5-16(6-10-18)15-29-19-11-7-17(8-12-19)22(14-26(27)28)21-13-25-23-4-2-1-3-20(21)23/h1-13,22,25H,14-15H2/t22-/m1/s1. The van der Waals surface area contributed by atoms with Crippen molar-refractivity contribution in [1.82, 2.24) is 4.98 Å². The molecule has 1 N–H and O–H groups in total. The number of aromatic nitrogens is 1. The highest BCUT2D eigenvalue weighted by atomic mass is 79.9. The molecular weight excluding hydrogens is 432 g/mol. The summed E-state index contributed by atoms with van der Waals surface area (Å²) in [6.45, 7) is 0.300. The number of aromatic amines is 1. The highest BCUT2D eigenvalue weighted by Crippen LogP contribution is 2.32. The molecule has 0 fully saturated rings. The summed E-state index contributed by atoms with van der Waals surface area (Å²) in [6.07, 6.45) is 1.87. The van der Waals surface area contributed by atoms with Gasteiger partial charge in [0.25, 0.3) is 0 Å². The molecule has 0 aliphatic heterocycles. The molecule has 29 heavy (non-hydrogen) atoms. The minimum atomic E-state index is -0.332. The van der Waals surface area contributed by atoms with Gasteiger partial charge in [0.2, 0.25) is 6.54 Å². The van der Waals surface area contributed by atoms with Gasteiger partial charge >= 0.3 is 0 Å². The van der Waals surface area contributed by atoms with Crippen LogP contribution in [0.3, 0.4) is 0 Å². The lowest BCUT2D eigenvalue weighted by molar-refractivity contribution is -0.481. The van der Waals surface area contributed by atoms with Crippen LogP contribution in [0.15, 0.2) is 83.5 Å². The molecule has 1 aromatic heterocycles. The van der Waals surface area contributed by atoms with Gasteiger partial charge in [-0.25, -0.2) is 0 Å². The Balaban J connectivity index is 1.55. The number of hydrogen-bond donors (Lipinski definition) is 1. The van der Waals surface area contributed by atoms with Gasteiger partial charge in [0, 0.05) is 26.5 Å². The van der Waals surface area contributed by atoms with E-state index in [0.29, 0.717) is 6.61 Å². The summed E-state index contributed by atoms with van der Waals surface area (Å²) in [5.74, 6) is 0.400. The maximum absolute atomic E-state index is 11.3. The average Bonchev–Trinajstić information content (AvgIpc) is 3.16. The van der Waals surface area contributed by atoms with Gasteiger partial charge in [0.1, 0.15) is 12.4 Å². The molecule has 0 radical (unpaired) electrons. The first-order valence-corrected chi connectivity index (χ1v) is 10.0. The van der Waals surface area contributed by atoms with Crippen LogP contribution in [-0.4, -0.2) is 16.5 Å². The summed E-state index contributed by atoms with van der Waals surface area (Å²) < 4.78 is 6.88. The number of nitrogens with zero attached hydrogens (tertiary/aromatic N) is 1. The monoisotopic (exact) mass is 450 g/mol. The second kappa shape index (κ2) is 8.49. The number of ether oxygens (including phenoxy) is 1. The summed E-state index contributed by atoms with van der Waals surface area (Å²) in [7, 11) is 0. The van der Waals surface area contributed by atoms with E-state index in [2.05, 4.69) is 20.9 Å². The van der Waals surface area contributed by atoms with E-state index < -0.39 is 0 Å². The number of nitrogens with one attached hydrogen (secondary N) is 1. The molecule has 5 nitrogen and oxygen atoms in total. The van der Waals surface area contributed by atoms with E-state index in [1.54, 1.807) is 0 Å². The number of halogens is 1. The summed E-state index contributed by atoms with van der Waals surface area (Å²) >= 11 is 3.42. The van der Waals surface area contributed by atoms with E-state index in [1.807, 2.05) is 79.0 Å². The molecule has 0 saturated carbocycles. The third-order valence-corrected chi connectivity index (χ3v) is 5.46. The smallest absolute Gasteiger partial charge is 0.214 e. The SMILES string of the molecule is O=[N+]([O-])C[C@H](c1ccc(OCc2ccc(Br)cc2)cc1)c1c[nH]c2ccccc12. The van der Waals surface area contributed by atoms with Crippen molar-refractivity contribution in [3.8, 4) is 5.75 Å². The maximum Gasteiger partial charge on any atom is 0.214 e. The summed E-state index contributed by atoms with van der Waals surface area (Å²) in [5, 5.41) is 12.3. The molecule has 0 spiro atoms. The fraction of sp³-hybridized carbons (Fsp3) is 0.130. The predicted octanol–water partition coefficient (Wildman–Crippen LogP) is 5.92. The highest BCUT2D eigenvalue weighted by Gasteiger charge is 2.23. The Labute approximate surface area is 176 Å². The summed E-state index contributed by atoms with van der Waals surface area (Å²) in [5.41, 5.74) is 3.87. The van der Waals surface area contributed by atoms with Gasteiger partial charge in [-0.3, -0.25) is 10.1 Å². The first kappa shape index (κ1) is 19.2. The zero-order valence-corrected chi connectivity index (χ0v) is 17.1. The van der Waals surface area contributed by atoms with Crippen LogP contribution in [-0.2, 0) is 6.61 Å². The molecular formula is C23H19BrN2O3. The Kier molecular flexibility index (Phi) is 5.62. The minimum absolute atomic E-state index is 0.166. The van der Waals surface area contributed by atoms with E-state index >= 15 is 0 Å². The molecule has 146 valence electrons. The van der Waals surface area contributed by atoms with Crippen molar-refractivity contribution in [2.75, 3.05) is 6.54 Å². The first-order valence-electron chi connectivity index (χ1n) is 9.25. The Hall–Kier alpha value is -3.12. The average molecular weight is 451 g/mol. The van der Waals surface area contributed by atoms with Crippen LogP contribution in [0.5, 0.6) is 5.75 Å². The summed E-state index contributed by atoms with van der Waals surface area (Å²) in [4.78, 5) is 14.3. The highest BCUT2D eigenvalue weighted by molar-refractivity contribution is 9.10. The van der Waals surface area contributed by atoms with Crippen LogP contribution < -0.4 is 4.74 Å². The molecule has 6 heteroatoms. The van der Waals surface area contributed by atoms with Crippen molar-refractivity contribution in [2.24, 2.45) is 0 Å². The maximum atomic E-state index is 11.3. The second-order valence-electron chi connectivity index (χ2n) is 6.84. The Bertz CT molecular complexity index is 1120. The van der Waals surface area contributed by atoms with Crippen LogP contribution in [0.1, 0.15) is 22.6 Å². The van der Waals surface area contributed by atoms with Crippen molar-refractivity contribution >= 4 is 26.8 Å². The number of benzene rings is 3. The van der Waals surface area contributed by atoms with Gasteiger partial charge in [-0.05, 0) is 47.0 Å². The van der Waals surface area contributed by atoms with Crippen molar-refractivity contribution in [1.29, 1.82) is 0 Å². The lowest BCUT2D eigenvalue weighted by atomic mass is 9.91. The van der Waals surface area contributed by atoms with Gasteiger partial charge in [-0.1, -0.05) is 58.4 Å². The van der Waals surface area contributed by atoms with Crippen molar-refractivity contribution in [3.05, 3.63) is 110 Å². The third kappa shape index (κ3) is 4.49. The zero-order chi connectivity index (χ0) is 20.2. The molecule has 4 aromatic rings. The molecule has 0 saturated heterocycles. The molecule has 1 atom stereocenters. The Morgan fingerprint density at radius 1 is 1.00 bits per heavy atom. The van der Waals surface area contributed by atoms with Crippen LogP contribution in [0, 0.1) is 10.1 Å². The Morgan fingerprint density at radius 3 is 2.45 bits per heavy atom. The van der Waals surface area contributed by atoms with Gasteiger partial charge in [0.05, 0.1) is 5.92 Å². The first-order chi connectivity index (χ1) is 14.1.